The first-order valence-corrected chi connectivity index (χ1v) is 6.69. The van der Waals surface area contributed by atoms with Crippen LogP contribution in [0.15, 0.2) is 36.4 Å². The lowest BCUT2D eigenvalue weighted by Gasteiger charge is -2.20. The molecule has 0 atom stereocenters. The van der Waals surface area contributed by atoms with E-state index in [-0.39, 0.29) is 13.1 Å². The minimum absolute atomic E-state index is 0.0784. The van der Waals surface area contributed by atoms with Gasteiger partial charge in [0.25, 0.3) is 0 Å². The van der Waals surface area contributed by atoms with Gasteiger partial charge in [-0.05, 0) is 19.4 Å². The Balaban J connectivity index is 2.48. The third-order valence-corrected chi connectivity index (χ3v) is 2.49. The van der Waals surface area contributed by atoms with Gasteiger partial charge in [0.05, 0.1) is 13.1 Å². The van der Waals surface area contributed by atoms with Crippen LogP contribution >= 0.6 is 0 Å². The molecule has 20 heavy (non-hydrogen) atoms. The lowest BCUT2D eigenvalue weighted by molar-refractivity contribution is -0.145. The predicted molar refractivity (Wildman–Crippen MR) is 77.8 cm³/mol. The van der Waals surface area contributed by atoms with Gasteiger partial charge >= 0.3 is 19.1 Å². The Bertz CT molecular complexity index is 397. The second-order valence-corrected chi connectivity index (χ2v) is 4.51. The Labute approximate surface area is 120 Å². The van der Waals surface area contributed by atoms with E-state index in [1.807, 2.05) is 12.2 Å². The van der Waals surface area contributed by atoms with Crippen LogP contribution in [0.1, 0.15) is 19.8 Å². The molecule has 1 saturated heterocycles. The normalized spacial score (nSPS) is 18.6. The molecule has 0 aromatic heterocycles. The molecule has 0 aliphatic carbocycles. The summed E-state index contributed by atoms with van der Waals surface area (Å²) in [5.74, 6) is 0.702. The number of nitrogens with zero attached hydrogens (tertiary/aromatic N) is 1. The maximum Gasteiger partial charge on any atom is 0.628 e. The molecule has 0 N–H and O–H groups in total. The van der Waals surface area contributed by atoms with E-state index in [9.17, 15) is 9.59 Å². The molecule has 0 amide bonds. The topological polar surface area (TPSA) is 55.8 Å². The minimum Gasteiger partial charge on any atom is -0.495 e. The van der Waals surface area contributed by atoms with Crippen LogP contribution in [-0.4, -0.2) is 44.1 Å². The SMILES string of the molecule is CCC\C=C/C=C\C=C/B1OC(=O)CN(C)CC(=O)O1. The summed E-state index contributed by atoms with van der Waals surface area (Å²) in [4.78, 5) is 24.4. The molecule has 0 radical (unpaired) electrons. The van der Waals surface area contributed by atoms with Gasteiger partial charge in [0.15, 0.2) is 0 Å². The van der Waals surface area contributed by atoms with Crippen molar-refractivity contribution < 1.29 is 18.9 Å². The maximum atomic E-state index is 11.5. The Morgan fingerprint density at radius 1 is 1.10 bits per heavy atom. The van der Waals surface area contributed by atoms with Crippen molar-refractivity contribution in [3.8, 4) is 0 Å². The molecule has 5 nitrogen and oxygen atoms in total. The maximum absolute atomic E-state index is 11.5. The van der Waals surface area contributed by atoms with Crippen LogP contribution in [0.4, 0.5) is 0 Å². The average Bonchev–Trinajstić information content (AvgIpc) is 2.35. The number of hydrogen-bond acceptors (Lipinski definition) is 5. The molecular weight excluding hydrogens is 257 g/mol. The highest BCUT2D eigenvalue weighted by atomic mass is 16.6. The first kappa shape index (κ1) is 16.2. The van der Waals surface area contributed by atoms with Gasteiger partial charge in [-0.2, -0.15) is 0 Å². The Morgan fingerprint density at radius 3 is 2.30 bits per heavy atom. The van der Waals surface area contributed by atoms with Crippen molar-refractivity contribution in [2.45, 2.75) is 19.8 Å². The summed E-state index contributed by atoms with van der Waals surface area (Å²) in [6.07, 6.45) is 11.5. The molecule has 6 heteroatoms. The number of rotatable bonds is 5. The lowest BCUT2D eigenvalue weighted by Crippen LogP contribution is -2.41. The number of likely N-dealkylation sites (N-methyl/N-ethyl adjacent to an activating group) is 1. The molecule has 0 bridgehead atoms. The van der Waals surface area contributed by atoms with Gasteiger partial charge in [-0.3, -0.25) is 14.5 Å². The molecule has 0 saturated carbocycles. The van der Waals surface area contributed by atoms with Crippen molar-refractivity contribution in [2.24, 2.45) is 0 Å². The molecule has 108 valence electrons. The molecule has 0 spiro atoms. The fourth-order valence-electron chi connectivity index (χ4n) is 1.56. The van der Waals surface area contributed by atoms with Crippen molar-refractivity contribution >= 4 is 19.1 Å². The summed E-state index contributed by atoms with van der Waals surface area (Å²) < 4.78 is 10.0. The van der Waals surface area contributed by atoms with Gasteiger partial charge in [0.1, 0.15) is 0 Å². The third kappa shape index (κ3) is 6.94. The van der Waals surface area contributed by atoms with E-state index in [1.165, 1.54) is 5.98 Å². The Hall–Kier alpha value is -1.82. The number of carbonyl (C=O) groups is 2. The zero-order chi connectivity index (χ0) is 14.8. The zero-order valence-electron chi connectivity index (χ0n) is 12.0. The quantitative estimate of drug-likeness (QED) is 0.563. The van der Waals surface area contributed by atoms with Gasteiger partial charge in [-0.15, -0.1) is 0 Å². The summed E-state index contributed by atoms with van der Waals surface area (Å²) in [6, 6.07) is 0. The number of unbranched alkanes of at least 4 members (excludes halogenated alkanes) is 1. The highest BCUT2D eigenvalue weighted by molar-refractivity contribution is 6.54. The van der Waals surface area contributed by atoms with Crippen molar-refractivity contribution in [2.75, 3.05) is 20.1 Å². The summed E-state index contributed by atoms with van der Waals surface area (Å²) in [5, 5.41) is 0. The second-order valence-electron chi connectivity index (χ2n) is 4.51. The standard InChI is InChI=1S/C14H20BNO4/c1-3-4-5-6-7-8-9-10-15-19-13(17)11-16(2)12-14(18)20-15/h5-10H,3-4,11-12H2,1-2H3/b6-5-,8-7-,10-9-. The second kappa shape index (κ2) is 9.15. The molecule has 0 aromatic rings. The van der Waals surface area contributed by atoms with E-state index in [1.54, 1.807) is 24.1 Å². The largest absolute Gasteiger partial charge is 0.628 e. The van der Waals surface area contributed by atoms with Crippen LogP contribution in [0.5, 0.6) is 0 Å². The fourth-order valence-corrected chi connectivity index (χ4v) is 1.56. The van der Waals surface area contributed by atoms with Gasteiger partial charge in [0, 0.05) is 0 Å². The van der Waals surface area contributed by atoms with Crippen molar-refractivity contribution in [1.82, 2.24) is 4.90 Å². The Morgan fingerprint density at radius 2 is 1.70 bits per heavy atom. The molecule has 1 rings (SSSR count). The summed E-state index contributed by atoms with van der Waals surface area (Å²) in [5.41, 5.74) is 0. The van der Waals surface area contributed by atoms with Gasteiger partial charge in [-0.25, -0.2) is 0 Å². The van der Waals surface area contributed by atoms with Crippen LogP contribution in [0.25, 0.3) is 0 Å². The molecular formula is C14H20BNO4. The van der Waals surface area contributed by atoms with Crippen LogP contribution in [0.3, 0.4) is 0 Å². The van der Waals surface area contributed by atoms with E-state index in [0.717, 1.165) is 12.8 Å². The van der Waals surface area contributed by atoms with Crippen molar-refractivity contribution in [1.29, 1.82) is 0 Å². The monoisotopic (exact) mass is 277 g/mol. The van der Waals surface area contributed by atoms with Gasteiger partial charge in [0.2, 0.25) is 0 Å². The van der Waals surface area contributed by atoms with E-state index in [2.05, 4.69) is 13.0 Å². The summed E-state index contributed by atoms with van der Waals surface area (Å²) in [6.45, 7) is 2.27. The van der Waals surface area contributed by atoms with E-state index >= 15 is 0 Å². The van der Waals surface area contributed by atoms with Gasteiger partial charge in [-0.1, -0.05) is 43.7 Å². The van der Waals surface area contributed by atoms with Gasteiger partial charge < -0.3 is 9.31 Å². The van der Waals surface area contributed by atoms with Crippen LogP contribution < -0.4 is 0 Å². The smallest absolute Gasteiger partial charge is 0.495 e. The number of carbonyl (C=O) groups excluding carboxylic acids is 2. The van der Waals surface area contributed by atoms with E-state index in [4.69, 9.17) is 9.31 Å². The molecule has 0 aromatic carbocycles. The minimum atomic E-state index is -0.951. The average molecular weight is 277 g/mol. The molecule has 1 aliphatic rings. The fraction of sp³-hybridized carbons (Fsp3) is 0.429. The van der Waals surface area contributed by atoms with E-state index < -0.39 is 19.1 Å². The highest BCUT2D eigenvalue weighted by Gasteiger charge is 2.28. The van der Waals surface area contributed by atoms with Crippen molar-refractivity contribution in [3.63, 3.8) is 0 Å². The van der Waals surface area contributed by atoms with E-state index in [0.29, 0.717) is 0 Å². The summed E-state index contributed by atoms with van der Waals surface area (Å²) >= 11 is 0. The van der Waals surface area contributed by atoms with Crippen molar-refractivity contribution in [3.05, 3.63) is 36.4 Å². The first-order chi connectivity index (χ1) is 9.61. The van der Waals surface area contributed by atoms with Crippen LogP contribution in [-0.2, 0) is 18.9 Å². The first-order valence-electron chi connectivity index (χ1n) is 6.69. The summed E-state index contributed by atoms with van der Waals surface area (Å²) in [7, 11) is 0.706. The Kier molecular flexibility index (Phi) is 7.43. The predicted octanol–water partition coefficient (Wildman–Crippen LogP) is 1.51. The van der Waals surface area contributed by atoms with Crippen LogP contribution in [0, 0.1) is 0 Å². The lowest BCUT2D eigenvalue weighted by atomic mass is 9.89. The molecule has 1 fully saturated rings. The third-order valence-electron chi connectivity index (χ3n) is 2.49. The highest BCUT2D eigenvalue weighted by Crippen LogP contribution is 2.01. The molecule has 1 aliphatic heterocycles. The zero-order valence-corrected chi connectivity index (χ0v) is 12.0. The van der Waals surface area contributed by atoms with Crippen LogP contribution in [0.2, 0.25) is 0 Å². The molecule has 0 unspecified atom stereocenters. The number of allylic oxidation sites excluding steroid dienone is 5. The number of hydrogen-bond donors (Lipinski definition) is 0. The molecule has 1 heterocycles.